The number of nitrogens with zero attached hydrogens (tertiary/aromatic N) is 1. The number of anilines is 1. The minimum absolute atomic E-state index is 0.175. The molecule has 0 aromatic heterocycles. The van der Waals surface area contributed by atoms with E-state index < -0.39 is 16.1 Å². The van der Waals surface area contributed by atoms with E-state index in [9.17, 15) is 13.2 Å². The summed E-state index contributed by atoms with van der Waals surface area (Å²) in [6, 6.07) is 11.5. The van der Waals surface area contributed by atoms with Crippen molar-refractivity contribution in [2.75, 3.05) is 18.4 Å². The third kappa shape index (κ3) is 4.66. The first-order chi connectivity index (χ1) is 13.3. The Bertz CT molecular complexity index is 972. The highest BCUT2D eigenvalue weighted by molar-refractivity contribution is 7.89. The van der Waals surface area contributed by atoms with Crippen LogP contribution in [0.25, 0.3) is 0 Å². The number of ether oxygens (including phenoxy) is 1. The van der Waals surface area contributed by atoms with E-state index in [0.717, 1.165) is 18.4 Å². The van der Waals surface area contributed by atoms with Gasteiger partial charge in [-0.25, -0.2) is 8.42 Å². The maximum atomic E-state index is 12.7. The van der Waals surface area contributed by atoms with Gasteiger partial charge in [-0.05, 0) is 68.7 Å². The first kappa shape index (κ1) is 20.6. The summed E-state index contributed by atoms with van der Waals surface area (Å²) in [6.45, 7) is 4.54. The smallest absolute Gasteiger partial charge is 0.265 e. The molecule has 150 valence electrons. The fraction of sp³-hybridized carbons (Fsp3) is 0.350. The Kier molecular flexibility index (Phi) is 6.27. The van der Waals surface area contributed by atoms with Gasteiger partial charge in [-0.15, -0.1) is 0 Å². The fourth-order valence-corrected chi connectivity index (χ4v) is 4.83. The highest BCUT2D eigenvalue weighted by Gasteiger charge is 2.27. The molecule has 6 nitrogen and oxygen atoms in total. The molecule has 1 unspecified atom stereocenters. The number of aryl methyl sites for hydroxylation is 1. The molecule has 1 atom stereocenters. The Morgan fingerprint density at radius 1 is 1.18 bits per heavy atom. The van der Waals surface area contributed by atoms with Crippen LogP contribution in [-0.2, 0) is 14.8 Å². The molecule has 0 radical (unpaired) electrons. The zero-order valence-electron chi connectivity index (χ0n) is 15.8. The standard InChI is InChI=1S/C20H23ClN2O4S/c1-14-12-16(21)8-9-19(14)27-15(2)20(24)22-17-6-5-7-18(13-17)28(25,26)23-10-3-4-11-23/h5-9,12-13,15H,3-4,10-11H2,1-2H3,(H,22,24). The van der Waals surface area contributed by atoms with Gasteiger partial charge in [0.1, 0.15) is 5.75 Å². The second-order valence-electron chi connectivity index (χ2n) is 6.80. The summed E-state index contributed by atoms with van der Waals surface area (Å²) >= 11 is 5.93. The number of carbonyl (C=O) groups is 1. The molecule has 0 spiro atoms. The van der Waals surface area contributed by atoms with Crippen LogP contribution in [0.2, 0.25) is 5.02 Å². The SMILES string of the molecule is Cc1cc(Cl)ccc1OC(C)C(=O)Nc1cccc(S(=O)(=O)N2CCCC2)c1. The van der Waals surface area contributed by atoms with Gasteiger partial charge in [0.2, 0.25) is 10.0 Å². The highest BCUT2D eigenvalue weighted by Crippen LogP contribution is 2.25. The molecule has 3 rings (SSSR count). The van der Waals surface area contributed by atoms with Crippen LogP contribution in [0.15, 0.2) is 47.4 Å². The van der Waals surface area contributed by atoms with Crippen LogP contribution in [0.1, 0.15) is 25.3 Å². The first-order valence-electron chi connectivity index (χ1n) is 9.11. The summed E-state index contributed by atoms with van der Waals surface area (Å²) < 4.78 is 32.6. The number of benzene rings is 2. The van der Waals surface area contributed by atoms with Gasteiger partial charge in [0.25, 0.3) is 5.91 Å². The Morgan fingerprint density at radius 2 is 1.89 bits per heavy atom. The molecule has 8 heteroatoms. The third-order valence-corrected chi connectivity index (χ3v) is 6.74. The van der Waals surface area contributed by atoms with E-state index in [1.807, 2.05) is 6.92 Å². The number of hydrogen-bond acceptors (Lipinski definition) is 4. The Hall–Kier alpha value is -2.09. The maximum Gasteiger partial charge on any atom is 0.265 e. The summed E-state index contributed by atoms with van der Waals surface area (Å²) in [5.74, 6) is 0.197. The van der Waals surface area contributed by atoms with Crippen LogP contribution in [0.5, 0.6) is 5.75 Å². The van der Waals surface area contributed by atoms with E-state index in [0.29, 0.717) is 29.5 Å². The summed E-state index contributed by atoms with van der Waals surface area (Å²) in [4.78, 5) is 12.7. The van der Waals surface area contributed by atoms with Crippen molar-refractivity contribution in [1.29, 1.82) is 0 Å². The van der Waals surface area contributed by atoms with Crippen LogP contribution >= 0.6 is 11.6 Å². The van der Waals surface area contributed by atoms with E-state index in [4.69, 9.17) is 16.3 Å². The molecule has 1 amide bonds. The van der Waals surface area contributed by atoms with Gasteiger partial charge in [-0.3, -0.25) is 4.79 Å². The number of hydrogen-bond donors (Lipinski definition) is 1. The number of carbonyl (C=O) groups excluding carboxylic acids is 1. The molecule has 28 heavy (non-hydrogen) atoms. The van der Waals surface area contributed by atoms with Crippen molar-refractivity contribution >= 4 is 33.2 Å². The monoisotopic (exact) mass is 422 g/mol. The average molecular weight is 423 g/mol. The number of sulfonamides is 1. The van der Waals surface area contributed by atoms with Crippen molar-refractivity contribution in [2.24, 2.45) is 0 Å². The van der Waals surface area contributed by atoms with Crippen molar-refractivity contribution in [2.45, 2.75) is 37.7 Å². The molecular weight excluding hydrogens is 400 g/mol. The minimum atomic E-state index is -3.54. The lowest BCUT2D eigenvalue weighted by Gasteiger charge is -2.18. The van der Waals surface area contributed by atoms with Gasteiger partial charge in [-0.1, -0.05) is 17.7 Å². The lowest BCUT2D eigenvalue weighted by molar-refractivity contribution is -0.122. The summed E-state index contributed by atoms with van der Waals surface area (Å²) in [7, 11) is -3.54. The lowest BCUT2D eigenvalue weighted by atomic mass is 10.2. The van der Waals surface area contributed by atoms with Crippen molar-refractivity contribution in [3.05, 3.63) is 53.1 Å². The van der Waals surface area contributed by atoms with E-state index in [1.54, 1.807) is 43.3 Å². The first-order valence-corrected chi connectivity index (χ1v) is 10.9. The van der Waals surface area contributed by atoms with Crippen LogP contribution in [0, 0.1) is 6.92 Å². The van der Waals surface area contributed by atoms with E-state index >= 15 is 0 Å². The topological polar surface area (TPSA) is 75.7 Å². The van der Waals surface area contributed by atoms with Crippen LogP contribution in [0.3, 0.4) is 0 Å². The quantitative estimate of drug-likeness (QED) is 0.767. The molecule has 2 aromatic rings. The molecular formula is C20H23ClN2O4S. The Balaban J connectivity index is 1.70. The summed E-state index contributed by atoms with van der Waals surface area (Å²) in [6.07, 6.45) is 0.974. The van der Waals surface area contributed by atoms with Gasteiger partial charge in [-0.2, -0.15) is 4.31 Å². The molecule has 0 bridgehead atoms. The minimum Gasteiger partial charge on any atom is -0.481 e. The highest BCUT2D eigenvalue weighted by atomic mass is 35.5. The van der Waals surface area contributed by atoms with Crippen molar-refractivity contribution < 1.29 is 17.9 Å². The number of rotatable bonds is 6. The molecule has 1 saturated heterocycles. The van der Waals surface area contributed by atoms with E-state index in [2.05, 4.69) is 5.32 Å². The summed E-state index contributed by atoms with van der Waals surface area (Å²) in [5, 5.41) is 3.32. The zero-order chi connectivity index (χ0) is 20.3. The second kappa shape index (κ2) is 8.51. The second-order valence-corrected chi connectivity index (χ2v) is 9.17. The molecule has 1 fully saturated rings. The normalized spacial score (nSPS) is 16.0. The van der Waals surface area contributed by atoms with Crippen LogP contribution in [-0.4, -0.2) is 37.8 Å². The van der Waals surface area contributed by atoms with Gasteiger partial charge >= 0.3 is 0 Å². The zero-order valence-corrected chi connectivity index (χ0v) is 17.4. The number of halogens is 1. The maximum absolute atomic E-state index is 12.7. The fourth-order valence-electron chi connectivity index (χ4n) is 3.04. The van der Waals surface area contributed by atoms with Gasteiger partial charge < -0.3 is 10.1 Å². The van der Waals surface area contributed by atoms with E-state index in [1.165, 1.54) is 10.4 Å². The predicted molar refractivity (Wildman–Crippen MR) is 109 cm³/mol. The molecule has 0 saturated carbocycles. The number of amides is 1. The van der Waals surface area contributed by atoms with Crippen LogP contribution < -0.4 is 10.1 Å². The Morgan fingerprint density at radius 3 is 2.57 bits per heavy atom. The largest absolute Gasteiger partial charge is 0.481 e. The van der Waals surface area contributed by atoms with Crippen molar-refractivity contribution in [1.82, 2.24) is 4.31 Å². The molecule has 1 aliphatic rings. The van der Waals surface area contributed by atoms with Crippen molar-refractivity contribution in [3.63, 3.8) is 0 Å². The predicted octanol–water partition coefficient (Wildman–Crippen LogP) is 3.84. The van der Waals surface area contributed by atoms with Gasteiger partial charge in [0, 0.05) is 23.8 Å². The Labute approximate surface area is 170 Å². The van der Waals surface area contributed by atoms with Gasteiger partial charge in [0.05, 0.1) is 4.90 Å². The van der Waals surface area contributed by atoms with Crippen LogP contribution in [0.4, 0.5) is 5.69 Å². The van der Waals surface area contributed by atoms with E-state index in [-0.39, 0.29) is 10.8 Å². The molecule has 0 aliphatic carbocycles. The summed E-state index contributed by atoms with van der Waals surface area (Å²) in [5.41, 5.74) is 1.24. The molecule has 1 N–H and O–H groups in total. The molecule has 1 heterocycles. The molecule has 2 aromatic carbocycles. The van der Waals surface area contributed by atoms with Crippen molar-refractivity contribution in [3.8, 4) is 5.75 Å². The molecule has 1 aliphatic heterocycles. The average Bonchev–Trinajstić information content (AvgIpc) is 3.20. The third-order valence-electron chi connectivity index (χ3n) is 4.61. The number of nitrogens with one attached hydrogen (secondary N) is 1. The van der Waals surface area contributed by atoms with Gasteiger partial charge in [0.15, 0.2) is 6.10 Å². The lowest BCUT2D eigenvalue weighted by Crippen LogP contribution is -2.30.